The molecule has 0 aromatic carbocycles. The van der Waals surface area contributed by atoms with Gasteiger partial charge in [0.2, 0.25) is 7.37 Å². The molecule has 0 aromatic heterocycles. The van der Waals surface area contributed by atoms with Crippen LogP contribution < -0.4 is 0 Å². The highest BCUT2D eigenvalue weighted by Crippen LogP contribution is 2.53. The normalized spacial score (nSPS) is 24.2. The van der Waals surface area contributed by atoms with Crippen LogP contribution in [0.25, 0.3) is 0 Å². The van der Waals surface area contributed by atoms with Crippen molar-refractivity contribution in [3.8, 4) is 0 Å². The molecular formula is C10H21O2P. The van der Waals surface area contributed by atoms with Crippen LogP contribution in [0.2, 0.25) is 0 Å². The molecule has 0 aliphatic heterocycles. The second-order valence-electron chi connectivity index (χ2n) is 4.03. The number of hydrogen-bond acceptors (Lipinski definition) is 2. The summed E-state index contributed by atoms with van der Waals surface area (Å²) in [6, 6.07) is 0. The summed E-state index contributed by atoms with van der Waals surface area (Å²) >= 11 is 0. The molecule has 1 atom stereocenters. The lowest BCUT2D eigenvalue weighted by Gasteiger charge is -2.27. The third kappa shape index (κ3) is 3.44. The third-order valence-corrected chi connectivity index (χ3v) is 5.33. The zero-order chi connectivity index (χ0) is 9.73. The van der Waals surface area contributed by atoms with Gasteiger partial charge in [-0.05, 0) is 19.3 Å². The van der Waals surface area contributed by atoms with Crippen molar-refractivity contribution in [3.63, 3.8) is 0 Å². The van der Waals surface area contributed by atoms with Gasteiger partial charge in [-0.1, -0.05) is 26.2 Å². The number of hydrogen-bond donors (Lipinski definition) is 0. The highest BCUT2D eigenvalue weighted by atomic mass is 31.2. The van der Waals surface area contributed by atoms with E-state index in [9.17, 15) is 4.57 Å². The first kappa shape index (κ1) is 11.3. The van der Waals surface area contributed by atoms with Gasteiger partial charge >= 0.3 is 0 Å². The lowest BCUT2D eigenvalue weighted by molar-refractivity contribution is 0.301. The Hall–Kier alpha value is 0.190. The van der Waals surface area contributed by atoms with Crippen molar-refractivity contribution in [2.75, 3.05) is 13.3 Å². The van der Waals surface area contributed by atoms with Crippen LogP contribution in [0.3, 0.4) is 0 Å². The topological polar surface area (TPSA) is 26.3 Å². The van der Waals surface area contributed by atoms with Crippen LogP contribution in [0.4, 0.5) is 0 Å². The van der Waals surface area contributed by atoms with Crippen molar-refractivity contribution in [2.24, 2.45) is 0 Å². The van der Waals surface area contributed by atoms with Crippen LogP contribution in [0.1, 0.15) is 45.4 Å². The minimum atomic E-state index is -2.28. The number of rotatable bonds is 4. The summed E-state index contributed by atoms with van der Waals surface area (Å²) in [6.45, 7) is 4.53. The van der Waals surface area contributed by atoms with E-state index in [4.69, 9.17) is 4.52 Å². The fourth-order valence-corrected chi connectivity index (χ4v) is 3.99. The van der Waals surface area contributed by atoms with Gasteiger partial charge in [0.15, 0.2) is 0 Å². The summed E-state index contributed by atoms with van der Waals surface area (Å²) in [6.07, 6.45) is 6.96. The van der Waals surface area contributed by atoms with Gasteiger partial charge in [0.1, 0.15) is 0 Å². The lowest BCUT2D eigenvalue weighted by atomic mass is 10.0. The molecule has 1 rings (SSSR count). The summed E-state index contributed by atoms with van der Waals surface area (Å²) in [5.41, 5.74) is 0.354. The molecule has 1 fully saturated rings. The summed E-state index contributed by atoms with van der Waals surface area (Å²) < 4.78 is 17.6. The van der Waals surface area contributed by atoms with E-state index >= 15 is 0 Å². The molecule has 0 heterocycles. The van der Waals surface area contributed by atoms with E-state index in [1.54, 1.807) is 0 Å². The first-order valence-corrected chi connectivity index (χ1v) is 7.52. The second-order valence-corrected chi connectivity index (χ2v) is 6.84. The maximum Gasteiger partial charge on any atom is 0.203 e. The highest BCUT2D eigenvalue weighted by Gasteiger charge is 2.29. The Kier molecular flexibility index (Phi) is 4.48. The molecule has 3 heteroatoms. The Balaban J connectivity index is 2.41. The van der Waals surface area contributed by atoms with Gasteiger partial charge in [0.25, 0.3) is 0 Å². The first-order chi connectivity index (χ1) is 6.17. The molecule has 2 nitrogen and oxygen atoms in total. The van der Waals surface area contributed by atoms with Crippen LogP contribution in [0.15, 0.2) is 0 Å². The molecule has 0 spiro atoms. The third-order valence-electron chi connectivity index (χ3n) is 2.79. The predicted molar refractivity (Wildman–Crippen MR) is 56.6 cm³/mol. The summed E-state index contributed by atoms with van der Waals surface area (Å²) in [5, 5.41) is 0. The molecule has 0 bridgehead atoms. The van der Waals surface area contributed by atoms with Crippen molar-refractivity contribution >= 4 is 7.37 Å². The van der Waals surface area contributed by atoms with Gasteiger partial charge in [0.05, 0.1) is 6.61 Å². The minimum absolute atomic E-state index is 0.354. The fourth-order valence-electron chi connectivity index (χ4n) is 1.93. The molecule has 0 N–H and O–H groups in total. The Morgan fingerprint density at radius 2 is 1.92 bits per heavy atom. The van der Waals surface area contributed by atoms with Crippen LogP contribution >= 0.6 is 7.37 Å². The van der Waals surface area contributed by atoms with Crippen molar-refractivity contribution in [1.82, 2.24) is 0 Å². The van der Waals surface area contributed by atoms with Crippen LogP contribution in [0.5, 0.6) is 0 Å². The van der Waals surface area contributed by atoms with E-state index in [1.165, 1.54) is 19.3 Å². The Morgan fingerprint density at radius 1 is 1.31 bits per heavy atom. The zero-order valence-electron chi connectivity index (χ0n) is 8.79. The molecule has 0 aromatic rings. The summed E-state index contributed by atoms with van der Waals surface area (Å²) in [7, 11) is -2.28. The van der Waals surface area contributed by atoms with Crippen LogP contribution in [0, 0.1) is 0 Å². The van der Waals surface area contributed by atoms with E-state index in [1.807, 2.05) is 6.66 Å². The van der Waals surface area contributed by atoms with E-state index in [2.05, 4.69) is 6.92 Å². The fraction of sp³-hybridized carbons (Fsp3) is 1.00. The second kappa shape index (κ2) is 5.17. The average molecular weight is 204 g/mol. The Bertz CT molecular complexity index is 185. The summed E-state index contributed by atoms with van der Waals surface area (Å²) in [5.74, 6) is 0. The van der Waals surface area contributed by atoms with E-state index in [-0.39, 0.29) is 0 Å². The van der Waals surface area contributed by atoms with E-state index in [0.29, 0.717) is 12.3 Å². The molecule has 1 unspecified atom stereocenters. The Morgan fingerprint density at radius 3 is 2.46 bits per heavy atom. The van der Waals surface area contributed by atoms with Crippen molar-refractivity contribution in [1.29, 1.82) is 0 Å². The molecule has 1 aliphatic carbocycles. The maximum atomic E-state index is 12.1. The molecule has 78 valence electrons. The van der Waals surface area contributed by atoms with Crippen molar-refractivity contribution in [3.05, 3.63) is 0 Å². The van der Waals surface area contributed by atoms with Crippen molar-refractivity contribution in [2.45, 2.75) is 51.1 Å². The average Bonchev–Trinajstić information content (AvgIpc) is 2.16. The highest BCUT2D eigenvalue weighted by molar-refractivity contribution is 7.58. The van der Waals surface area contributed by atoms with Gasteiger partial charge in [0, 0.05) is 12.3 Å². The van der Waals surface area contributed by atoms with Gasteiger partial charge < -0.3 is 4.52 Å². The lowest BCUT2D eigenvalue weighted by Crippen LogP contribution is -2.14. The maximum absolute atomic E-state index is 12.1. The molecule has 0 amide bonds. The predicted octanol–water partition coefficient (Wildman–Crippen LogP) is 3.65. The molecular weight excluding hydrogens is 183 g/mol. The SMILES string of the molecule is CCCOP(C)(=O)C1CCCCC1. The van der Waals surface area contributed by atoms with Crippen LogP contribution in [-0.4, -0.2) is 18.9 Å². The standard InChI is InChI=1S/C10H21O2P/c1-3-9-12-13(2,11)10-7-5-4-6-8-10/h10H,3-9H2,1-2H3. The van der Waals surface area contributed by atoms with Gasteiger partial charge in [-0.2, -0.15) is 0 Å². The van der Waals surface area contributed by atoms with Gasteiger partial charge in [-0.3, -0.25) is 4.57 Å². The quantitative estimate of drug-likeness (QED) is 0.653. The molecule has 0 saturated heterocycles. The van der Waals surface area contributed by atoms with Crippen LogP contribution in [-0.2, 0) is 9.09 Å². The monoisotopic (exact) mass is 204 g/mol. The molecule has 0 radical (unpaired) electrons. The largest absolute Gasteiger partial charge is 0.328 e. The van der Waals surface area contributed by atoms with Crippen molar-refractivity contribution < 1.29 is 9.09 Å². The smallest absolute Gasteiger partial charge is 0.203 e. The molecule has 1 saturated carbocycles. The zero-order valence-corrected chi connectivity index (χ0v) is 9.69. The van der Waals surface area contributed by atoms with Gasteiger partial charge in [-0.15, -0.1) is 0 Å². The minimum Gasteiger partial charge on any atom is -0.328 e. The van der Waals surface area contributed by atoms with Gasteiger partial charge in [-0.25, -0.2) is 0 Å². The summed E-state index contributed by atoms with van der Waals surface area (Å²) in [4.78, 5) is 0. The molecule has 1 aliphatic rings. The van der Waals surface area contributed by atoms with E-state index < -0.39 is 7.37 Å². The first-order valence-electron chi connectivity index (χ1n) is 5.38. The Labute approximate surface area is 81.5 Å². The van der Waals surface area contributed by atoms with E-state index in [0.717, 1.165) is 19.3 Å². The molecule has 13 heavy (non-hydrogen) atoms.